The molecule has 0 radical (unpaired) electrons. The first-order chi connectivity index (χ1) is 18.8. The Hall–Kier alpha value is -3.27. The lowest BCUT2D eigenvalue weighted by molar-refractivity contribution is 0.306. The fourth-order valence-corrected chi connectivity index (χ4v) is 6.06. The van der Waals surface area contributed by atoms with Crippen molar-refractivity contribution in [2.24, 2.45) is 0 Å². The maximum atomic E-state index is 13.4. The number of sulfonamides is 1. The Bertz CT molecular complexity index is 1670. The van der Waals surface area contributed by atoms with Crippen molar-refractivity contribution >= 4 is 54.7 Å². The number of thiophene rings is 1. The number of benzene rings is 2. The minimum Gasteiger partial charge on any atom is -0.487 e. The molecule has 8 nitrogen and oxygen atoms in total. The van der Waals surface area contributed by atoms with E-state index in [1.807, 2.05) is 12.1 Å². The molecule has 4 aromatic rings. The highest BCUT2D eigenvalue weighted by atomic mass is 35.5. The van der Waals surface area contributed by atoms with Crippen LogP contribution in [0.1, 0.15) is 23.8 Å². The summed E-state index contributed by atoms with van der Waals surface area (Å²) in [5.74, 6) is 7.22. The largest absolute Gasteiger partial charge is 0.487 e. The number of halogens is 2. The normalized spacial score (nSPS) is 17.1. The molecular weight excluding hydrogens is 561 g/mol. The van der Waals surface area contributed by atoms with E-state index in [-0.39, 0.29) is 30.3 Å². The van der Waals surface area contributed by atoms with Crippen molar-refractivity contribution in [1.29, 1.82) is 0 Å². The van der Waals surface area contributed by atoms with Crippen molar-refractivity contribution < 1.29 is 17.5 Å². The number of anilines is 2. The maximum Gasteiger partial charge on any atom is 0.211 e. The van der Waals surface area contributed by atoms with Crippen LogP contribution in [0.3, 0.4) is 0 Å². The molecule has 3 N–H and O–H groups in total. The summed E-state index contributed by atoms with van der Waals surface area (Å²) in [6.07, 6.45) is 2.09. The second-order valence-electron chi connectivity index (χ2n) is 8.92. The second-order valence-corrected chi connectivity index (χ2v) is 12.4. The third-order valence-corrected chi connectivity index (χ3v) is 8.81. The lowest BCUT2D eigenvalue weighted by atomic mass is 10.2. The van der Waals surface area contributed by atoms with E-state index in [0.29, 0.717) is 35.1 Å². The van der Waals surface area contributed by atoms with Crippen LogP contribution < -0.4 is 20.1 Å². The average molecular weight is 586 g/mol. The molecule has 0 saturated carbocycles. The summed E-state index contributed by atoms with van der Waals surface area (Å²) in [7, 11) is -3.25. The Morgan fingerprint density at radius 3 is 2.90 bits per heavy atom. The van der Waals surface area contributed by atoms with Crippen LogP contribution in [0.15, 0.2) is 54.9 Å². The fraction of sp³-hybridized carbons (Fsp3) is 0.259. The highest BCUT2D eigenvalue weighted by Crippen LogP contribution is 2.33. The highest BCUT2D eigenvalue weighted by molar-refractivity contribution is 7.89. The molecule has 1 aliphatic rings. The number of hydrogen-bond acceptors (Lipinski definition) is 8. The molecule has 0 aliphatic carbocycles. The third kappa shape index (κ3) is 7.03. The van der Waals surface area contributed by atoms with E-state index >= 15 is 0 Å². The van der Waals surface area contributed by atoms with Crippen molar-refractivity contribution in [3.05, 3.63) is 76.1 Å². The summed E-state index contributed by atoms with van der Waals surface area (Å²) >= 11 is 7.91. The van der Waals surface area contributed by atoms with E-state index in [0.717, 1.165) is 20.8 Å². The first-order valence-electron chi connectivity index (χ1n) is 12.2. The molecule has 1 saturated heterocycles. The van der Waals surface area contributed by atoms with Gasteiger partial charge < -0.3 is 15.4 Å². The van der Waals surface area contributed by atoms with Gasteiger partial charge in [0.1, 0.15) is 24.5 Å². The Kier molecular flexibility index (Phi) is 8.30. The zero-order valence-corrected chi connectivity index (χ0v) is 23.3. The molecule has 0 spiro atoms. The Balaban J connectivity index is 1.25. The van der Waals surface area contributed by atoms with Crippen LogP contribution in [-0.2, 0) is 16.6 Å². The van der Waals surface area contributed by atoms with Gasteiger partial charge in [0, 0.05) is 18.3 Å². The molecule has 0 unspecified atom stereocenters. The predicted octanol–water partition coefficient (Wildman–Crippen LogP) is 4.83. The minimum absolute atomic E-state index is 0.0553. The SMILES string of the molecule is CCS(=O)(=O)N[C@@H]1CN[C@@H](C#Cc2cc3ncnc(Nc4ccc(OCc5cccc(F)c5)c(Cl)c4)c3s2)C1. The smallest absolute Gasteiger partial charge is 0.211 e. The highest BCUT2D eigenvalue weighted by Gasteiger charge is 2.25. The van der Waals surface area contributed by atoms with Crippen molar-refractivity contribution in [2.45, 2.75) is 32.0 Å². The summed E-state index contributed by atoms with van der Waals surface area (Å²) in [6, 6.07) is 13.2. The van der Waals surface area contributed by atoms with E-state index in [2.05, 4.69) is 37.2 Å². The third-order valence-electron chi connectivity index (χ3n) is 6.02. The number of hydrogen-bond donors (Lipinski definition) is 3. The fourth-order valence-electron chi connectivity index (χ4n) is 4.06. The molecule has 5 rings (SSSR count). The first kappa shape index (κ1) is 27.3. The number of ether oxygens (including phenoxy) is 1. The molecule has 3 heterocycles. The summed E-state index contributed by atoms with van der Waals surface area (Å²) in [6.45, 7) is 2.35. The van der Waals surface area contributed by atoms with Gasteiger partial charge in [0.2, 0.25) is 10.0 Å². The summed E-state index contributed by atoms with van der Waals surface area (Å²) in [5, 5.41) is 6.95. The molecule has 202 valence electrons. The van der Waals surface area contributed by atoms with Gasteiger partial charge in [-0.3, -0.25) is 0 Å². The van der Waals surface area contributed by atoms with Gasteiger partial charge in [0.25, 0.3) is 0 Å². The Morgan fingerprint density at radius 2 is 2.10 bits per heavy atom. The minimum atomic E-state index is -3.25. The van der Waals surface area contributed by atoms with Gasteiger partial charge in [-0.05, 0) is 55.3 Å². The molecule has 39 heavy (non-hydrogen) atoms. The standard InChI is InChI=1S/C27H25ClFN5O3S2/c1-2-39(35,36)34-21-11-19(30-14-21)6-8-22-13-24-26(38-22)27(32-16-31-24)33-20-7-9-25(23(28)12-20)37-15-17-4-3-5-18(29)10-17/h3-5,7,9-10,12-13,16,19,21,30,34H,2,11,14-15H2,1H3,(H,31,32,33)/t19-,21-/m0/s1. The van der Waals surface area contributed by atoms with Crippen LogP contribution in [0.2, 0.25) is 5.02 Å². The molecule has 2 atom stereocenters. The Labute approximate surface area is 235 Å². The van der Waals surface area contributed by atoms with Gasteiger partial charge in [-0.15, -0.1) is 11.3 Å². The van der Waals surface area contributed by atoms with Gasteiger partial charge in [-0.1, -0.05) is 35.6 Å². The van der Waals surface area contributed by atoms with Crippen LogP contribution >= 0.6 is 22.9 Å². The van der Waals surface area contributed by atoms with Crippen LogP contribution in [0.25, 0.3) is 10.2 Å². The number of rotatable bonds is 8. The molecule has 0 amide bonds. The number of fused-ring (bicyclic) bond motifs is 1. The second kappa shape index (κ2) is 11.9. The lowest BCUT2D eigenvalue weighted by Crippen LogP contribution is -2.37. The maximum absolute atomic E-state index is 13.4. The molecule has 1 aliphatic heterocycles. The van der Waals surface area contributed by atoms with Crippen molar-refractivity contribution in [3.63, 3.8) is 0 Å². The van der Waals surface area contributed by atoms with Crippen LogP contribution in [-0.4, -0.2) is 42.8 Å². The van der Waals surface area contributed by atoms with Gasteiger partial charge in [0.05, 0.1) is 31.9 Å². The van der Waals surface area contributed by atoms with Crippen LogP contribution in [0.4, 0.5) is 15.9 Å². The zero-order chi connectivity index (χ0) is 27.4. The van der Waals surface area contributed by atoms with Gasteiger partial charge in [0.15, 0.2) is 5.82 Å². The molecule has 2 aromatic carbocycles. The van der Waals surface area contributed by atoms with E-state index in [4.69, 9.17) is 16.3 Å². The quantitative estimate of drug-likeness (QED) is 0.254. The molecular formula is C27H25ClFN5O3S2. The molecule has 2 aromatic heterocycles. The van der Waals surface area contributed by atoms with Gasteiger partial charge in [-0.2, -0.15) is 0 Å². The van der Waals surface area contributed by atoms with Gasteiger partial charge >= 0.3 is 0 Å². The molecule has 0 bridgehead atoms. The first-order valence-corrected chi connectivity index (χ1v) is 15.1. The van der Waals surface area contributed by atoms with E-state index in [1.54, 1.807) is 31.2 Å². The zero-order valence-electron chi connectivity index (χ0n) is 20.9. The number of nitrogens with zero attached hydrogens (tertiary/aromatic N) is 2. The summed E-state index contributed by atoms with van der Waals surface area (Å²) < 4.78 is 46.3. The van der Waals surface area contributed by atoms with Crippen molar-refractivity contribution in [1.82, 2.24) is 20.0 Å². The number of nitrogens with one attached hydrogen (secondary N) is 3. The van der Waals surface area contributed by atoms with Gasteiger partial charge in [-0.25, -0.2) is 27.5 Å². The van der Waals surface area contributed by atoms with Crippen molar-refractivity contribution in [3.8, 4) is 17.6 Å². The van der Waals surface area contributed by atoms with Crippen LogP contribution in [0.5, 0.6) is 5.75 Å². The predicted molar refractivity (Wildman–Crippen MR) is 153 cm³/mol. The molecule has 1 fully saturated rings. The Morgan fingerprint density at radius 1 is 1.23 bits per heavy atom. The van der Waals surface area contributed by atoms with E-state index in [9.17, 15) is 12.8 Å². The number of aromatic nitrogens is 2. The van der Waals surface area contributed by atoms with E-state index in [1.165, 1.54) is 29.8 Å². The monoisotopic (exact) mass is 585 g/mol. The summed E-state index contributed by atoms with van der Waals surface area (Å²) in [5.41, 5.74) is 2.18. The van der Waals surface area contributed by atoms with Crippen molar-refractivity contribution in [2.75, 3.05) is 17.6 Å². The van der Waals surface area contributed by atoms with Crippen LogP contribution in [0, 0.1) is 17.7 Å². The lowest BCUT2D eigenvalue weighted by Gasteiger charge is -2.11. The van der Waals surface area contributed by atoms with E-state index < -0.39 is 10.0 Å². The topological polar surface area (TPSA) is 105 Å². The average Bonchev–Trinajstić information content (AvgIpc) is 3.54. The summed E-state index contributed by atoms with van der Waals surface area (Å²) in [4.78, 5) is 9.58. The molecule has 12 heteroatoms.